The monoisotopic (exact) mass is 321 g/mol. The number of aromatic hydroxyl groups is 1. The first-order chi connectivity index (χ1) is 11.0. The van der Waals surface area contributed by atoms with Crippen molar-refractivity contribution in [2.24, 2.45) is 5.73 Å². The van der Waals surface area contributed by atoms with Crippen LogP contribution in [-0.4, -0.2) is 23.9 Å². The van der Waals surface area contributed by atoms with Crippen LogP contribution in [0.3, 0.4) is 0 Å². The summed E-state index contributed by atoms with van der Waals surface area (Å²) in [6.07, 6.45) is 8.03. The summed E-state index contributed by atoms with van der Waals surface area (Å²) in [6.45, 7) is 2.18. The first-order valence-corrected chi connectivity index (χ1v) is 8.25. The zero-order valence-electron chi connectivity index (χ0n) is 14.1. The molecule has 0 aromatic heterocycles. The van der Waals surface area contributed by atoms with Crippen LogP contribution in [0.2, 0.25) is 0 Å². The Morgan fingerprint density at radius 3 is 2.26 bits per heavy atom. The van der Waals surface area contributed by atoms with Gasteiger partial charge in [0.25, 0.3) is 0 Å². The van der Waals surface area contributed by atoms with Gasteiger partial charge in [0.1, 0.15) is 0 Å². The highest BCUT2D eigenvalue weighted by atomic mass is 16.5. The van der Waals surface area contributed by atoms with E-state index in [0.717, 1.165) is 19.3 Å². The van der Waals surface area contributed by atoms with Gasteiger partial charge < -0.3 is 15.6 Å². The molecular formula is C18H27NO4. The van der Waals surface area contributed by atoms with Crippen LogP contribution >= 0.6 is 0 Å². The van der Waals surface area contributed by atoms with Crippen molar-refractivity contribution in [3.8, 4) is 11.5 Å². The SMILES string of the molecule is CCCCCCCCCC(=O)c1c(C(N)=O)ccc(O)c1OC. The zero-order valence-corrected chi connectivity index (χ0v) is 14.1. The molecule has 0 radical (unpaired) electrons. The molecule has 0 spiro atoms. The molecule has 1 aromatic rings. The number of hydrogen-bond acceptors (Lipinski definition) is 4. The quantitative estimate of drug-likeness (QED) is 0.479. The predicted octanol–water partition coefficient (Wildman–Crippen LogP) is 3.82. The van der Waals surface area contributed by atoms with Crippen LogP contribution in [0.5, 0.6) is 11.5 Å². The van der Waals surface area contributed by atoms with Crippen LogP contribution in [0, 0.1) is 0 Å². The zero-order chi connectivity index (χ0) is 17.2. The number of carbonyl (C=O) groups is 2. The van der Waals surface area contributed by atoms with E-state index in [1.807, 2.05) is 0 Å². The lowest BCUT2D eigenvalue weighted by Crippen LogP contribution is -2.17. The summed E-state index contributed by atoms with van der Waals surface area (Å²) in [5.74, 6) is -1.07. The lowest BCUT2D eigenvalue weighted by atomic mass is 9.97. The third-order valence-electron chi connectivity index (χ3n) is 3.89. The van der Waals surface area contributed by atoms with Crippen molar-refractivity contribution < 1.29 is 19.4 Å². The fourth-order valence-electron chi connectivity index (χ4n) is 2.63. The number of ketones is 1. The topological polar surface area (TPSA) is 89.6 Å². The van der Waals surface area contributed by atoms with E-state index in [-0.39, 0.29) is 28.4 Å². The number of methoxy groups -OCH3 is 1. The van der Waals surface area contributed by atoms with Crippen LogP contribution in [0.4, 0.5) is 0 Å². The number of carbonyl (C=O) groups excluding carboxylic acids is 2. The molecule has 5 heteroatoms. The molecule has 0 atom stereocenters. The van der Waals surface area contributed by atoms with Gasteiger partial charge in [-0.15, -0.1) is 0 Å². The molecule has 23 heavy (non-hydrogen) atoms. The average molecular weight is 321 g/mol. The fourth-order valence-corrected chi connectivity index (χ4v) is 2.63. The Morgan fingerprint density at radius 2 is 1.70 bits per heavy atom. The fraction of sp³-hybridized carbons (Fsp3) is 0.556. The highest BCUT2D eigenvalue weighted by Gasteiger charge is 2.22. The van der Waals surface area contributed by atoms with Crippen molar-refractivity contribution in [1.82, 2.24) is 0 Å². The number of phenols is 1. The van der Waals surface area contributed by atoms with E-state index in [0.29, 0.717) is 6.42 Å². The van der Waals surface area contributed by atoms with Gasteiger partial charge in [-0.25, -0.2) is 0 Å². The average Bonchev–Trinajstić information content (AvgIpc) is 2.53. The molecule has 0 aliphatic carbocycles. The summed E-state index contributed by atoms with van der Waals surface area (Å²) in [5, 5.41) is 9.81. The number of nitrogens with two attached hydrogens (primary N) is 1. The lowest BCUT2D eigenvalue weighted by molar-refractivity contribution is 0.0951. The van der Waals surface area contributed by atoms with E-state index in [4.69, 9.17) is 10.5 Å². The largest absolute Gasteiger partial charge is 0.504 e. The van der Waals surface area contributed by atoms with Gasteiger partial charge in [-0.05, 0) is 18.6 Å². The minimum atomic E-state index is -0.703. The summed E-state index contributed by atoms with van der Waals surface area (Å²) in [5.41, 5.74) is 5.50. The molecule has 0 saturated heterocycles. The number of Topliss-reactive ketones (excluding diaryl/α,β-unsaturated/α-hetero) is 1. The molecule has 0 aliphatic heterocycles. The van der Waals surface area contributed by atoms with E-state index in [1.54, 1.807) is 0 Å². The number of phenolic OH excluding ortho intramolecular Hbond substituents is 1. The normalized spacial score (nSPS) is 10.5. The maximum absolute atomic E-state index is 12.4. The van der Waals surface area contributed by atoms with E-state index in [1.165, 1.54) is 44.9 Å². The second-order valence-corrected chi connectivity index (χ2v) is 5.70. The summed E-state index contributed by atoms with van der Waals surface area (Å²) in [6, 6.07) is 2.67. The Bertz CT molecular complexity index is 540. The lowest BCUT2D eigenvalue weighted by Gasteiger charge is -2.12. The third kappa shape index (κ3) is 5.58. The Kier molecular flexibility index (Phi) is 8.16. The number of ether oxygens (including phenoxy) is 1. The first-order valence-electron chi connectivity index (χ1n) is 8.25. The second kappa shape index (κ2) is 9.87. The molecule has 128 valence electrons. The van der Waals surface area contributed by atoms with Crippen LogP contribution in [0.1, 0.15) is 79.0 Å². The Morgan fingerprint density at radius 1 is 1.09 bits per heavy atom. The first kappa shape index (κ1) is 19.0. The second-order valence-electron chi connectivity index (χ2n) is 5.70. The standard InChI is InChI=1S/C18H27NO4/c1-3-4-5-6-7-8-9-10-14(20)16-13(18(19)22)11-12-15(21)17(16)23-2/h11-12,21H,3-10H2,1-2H3,(H2,19,22). The molecule has 0 unspecified atom stereocenters. The van der Waals surface area contributed by atoms with Crippen molar-refractivity contribution in [1.29, 1.82) is 0 Å². The van der Waals surface area contributed by atoms with Gasteiger partial charge in [0, 0.05) is 6.42 Å². The number of amides is 1. The molecule has 3 N–H and O–H groups in total. The van der Waals surface area contributed by atoms with Crippen LogP contribution in [-0.2, 0) is 0 Å². The van der Waals surface area contributed by atoms with Crippen LogP contribution in [0.15, 0.2) is 12.1 Å². The van der Waals surface area contributed by atoms with Gasteiger partial charge in [0.05, 0.1) is 18.2 Å². The Hall–Kier alpha value is -2.04. The van der Waals surface area contributed by atoms with Crippen molar-refractivity contribution in [3.05, 3.63) is 23.3 Å². The van der Waals surface area contributed by atoms with Gasteiger partial charge in [-0.1, -0.05) is 45.4 Å². The van der Waals surface area contributed by atoms with Crippen molar-refractivity contribution in [2.45, 2.75) is 58.3 Å². The number of unbranched alkanes of at least 4 members (excludes halogenated alkanes) is 6. The molecule has 0 bridgehead atoms. The van der Waals surface area contributed by atoms with Crippen molar-refractivity contribution in [3.63, 3.8) is 0 Å². The number of primary amides is 1. The highest BCUT2D eigenvalue weighted by molar-refractivity contribution is 6.10. The highest BCUT2D eigenvalue weighted by Crippen LogP contribution is 2.33. The third-order valence-corrected chi connectivity index (χ3v) is 3.89. The van der Waals surface area contributed by atoms with Gasteiger partial charge in [0.2, 0.25) is 5.91 Å². The van der Waals surface area contributed by atoms with Gasteiger partial charge in [-0.2, -0.15) is 0 Å². The Balaban J connectivity index is 2.68. The van der Waals surface area contributed by atoms with Gasteiger partial charge in [0.15, 0.2) is 17.3 Å². The molecule has 1 aromatic carbocycles. The summed E-state index contributed by atoms with van der Waals surface area (Å²) < 4.78 is 5.08. The molecular weight excluding hydrogens is 294 g/mol. The van der Waals surface area contributed by atoms with E-state index in [2.05, 4.69) is 6.92 Å². The summed E-state index contributed by atoms with van der Waals surface area (Å²) in [4.78, 5) is 24.0. The van der Waals surface area contributed by atoms with E-state index in [9.17, 15) is 14.7 Å². The molecule has 1 amide bonds. The molecule has 5 nitrogen and oxygen atoms in total. The van der Waals surface area contributed by atoms with Crippen molar-refractivity contribution in [2.75, 3.05) is 7.11 Å². The molecule has 0 heterocycles. The maximum Gasteiger partial charge on any atom is 0.249 e. The number of hydrogen-bond donors (Lipinski definition) is 2. The van der Waals surface area contributed by atoms with Gasteiger partial charge >= 0.3 is 0 Å². The molecule has 1 rings (SSSR count). The summed E-state index contributed by atoms with van der Waals surface area (Å²) >= 11 is 0. The smallest absolute Gasteiger partial charge is 0.249 e. The number of benzene rings is 1. The Labute approximate surface area is 137 Å². The minimum Gasteiger partial charge on any atom is -0.504 e. The minimum absolute atomic E-state index is 0.0224. The maximum atomic E-state index is 12.4. The molecule has 0 saturated carbocycles. The molecule has 0 aliphatic rings. The summed E-state index contributed by atoms with van der Waals surface area (Å²) in [7, 11) is 1.35. The van der Waals surface area contributed by atoms with Gasteiger partial charge in [-0.3, -0.25) is 9.59 Å². The van der Waals surface area contributed by atoms with Crippen LogP contribution in [0.25, 0.3) is 0 Å². The van der Waals surface area contributed by atoms with Crippen LogP contribution < -0.4 is 10.5 Å². The van der Waals surface area contributed by atoms with Crippen molar-refractivity contribution >= 4 is 11.7 Å². The van der Waals surface area contributed by atoms with E-state index >= 15 is 0 Å². The predicted molar refractivity (Wildman–Crippen MR) is 90.1 cm³/mol. The van der Waals surface area contributed by atoms with E-state index < -0.39 is 5.91 Å². The molecule has 0 fully saturated rings. The number of rotatable bonds is 11.